The summed E-state index contributed by atoms with van der Waals surface area (Å²) in [5, 5.41) is 0.235. The molecule has 6 heteroatoms. The van der Waals surface area contributed by atoms with Gasteiger partial charge in [0, 0.05) is 17.0 Å². The van der Waals surface area contributed by atoms with Gasteiger partial charge < -0.3 is 0 Å². The molecule has 2 heterocycles. The van der Waals surface area contributed by atoms with E-state index < -0.39 is 11.7 Å². The van der Waals surface area contributed by atoms with E-state index >= 15 is 0 Å². The van der Waals surface area contributed by atoms with Gasteiger partial charge in [-0.15, -0.1) is 11.6 Å². The zero-order valence-electron chi connectivity index (χ0n) is 13.1. The zero-order chi connectivity index (χ0) is 16.9. The lowest BCUT2D eigenvalue weighted by Gasteiger charge is -2.09. The summed E-state index contributed by atoms with van der Waals surface area (Å²) in [6.07, 6.45) is -4.03. The number of fused-ring (bicyclic) bond motifs is 3. The average Bonchev–Trinajstić information content (AvgIpc) is 2.79. The van der Waals surface area contributed by atoms with E-state index in [1.54, 1.807) is 6.07 Å². The van der Waals surface area contributed by atoms with Crippen LogP contribution in [0.25, 0.3) is 16.4 Å². The van der Waals surface area contributed by atoms with Gasteiger partial charge in [0.25, 0.3) is 0 Å². The number of rotatable bonds is 2. The molecule has 0 bridgehead atoms. The van der Waals surface area contributed by atoms with Crippen LogP contribution in [0.2, 0.25) is 0 Å². The Hall–Kier alpha value is -1.75. The Bertz CT molecular complexity index is 910. The fourth-order valence-electron chi connectivity index (χ4n) is 3.27. The van der Waals surface area contributed by atoms with Crippen LogP contribution in [0.3, 0.4) is 0 Å². The monoisotopic (exact) mass is 340 g/mol. The number of aromatic nitrogens is 2. The molecule has 0 saturated heterocycles. The molecule has 0 fully saturated rings. The van der Waals surface area contributed by atoms with Crippen LogP contribution in [0.4, 0.5) is 13.2 Å². The van der Waals surface area contributed by atoms with Crippen molar-refractivity contribution in [2.75, 3.05) is 5.88 Å². The summed E-state index contributed by atoms with van der Waals surface area (Å²) < 4.78 is 42.3. The van der Waals surface area contributed by atoms with Gasteiger partial charge in [-0.3, -0.25) is 4.40 Å². The van der Waals surface area contributed by atoms with E-state index in [2.05, 4.69) is 4.98 Å². The second-order valence-electron chi connectivity index (χ2n) is 5.67. The summed E-state index contributed by atoms with van der Waals surface area (Å²) in [6.45, 7) is 5.57. The lowest BCUT2D eigenvalue weighted by atomic mass is 10.0. The first-order valence-electron chi connectivity index (χ1n) is 7.30. The van der Waals surface area contributed by atoms with Crippen molar-refractivity contribution in [3.8, 4) is 0 Å². The summed E-state index contributed by atoms with van der Waals surface area (Å²) >= 11 is 5.89. The smallest absolute Gasteiger partial charge is 0.297 e. The highest BCUT2D eigenvalue weighted by Crippen LogP contribution is 2.40. The number of hydrogen-bond donors (Lipinski definition) is 0. The van der Waals surface area contributed by atoms with Crippen LogP contribution in [0.15, 0.2) is 18.2 Å². The summed E-state index contributed by atoms with van der Waals surface area (Å²) in [7, 11) is 0. The molecule has 0 aliphatic rings. The van der Waals surface area contributed by atoms with Crippen molar-refractivity contribution < 1.29 is 13.2 Å². The molecule has 3 aromatic rings. The SMILES string of the molecule is Cc1nc(C)n2c(c1C)c(CCCl)c1c(C(F)(F)F)cccc12. The minimum Gasteiger partial charge on any atom is -0.297 e. The minimum atomic E-state index is -4.41. The molecule has 122 valence electrons. The van der Waals surface area contributed by atoms with E-state index in [4.69, 9.17) is 11.6 Å². The predicted molar refractivity (Wildman–Crippen MR) is 86.3 cm³/mol. The van der Waals surface area contributed by atoms with Crippen molar-refractivity contribution in [2.45, 2.75) is 33.4 Å². The van der Waals surface area contributed by atoms with Crippen LogP contribution < -0.4 is 0 Å². The van der Waals surface area contributed by atoms with E-state index in [0.29, 0.717) is 23.3 Å². The number of nitrogens with zero attached hydrogens (tertiary/aromatic N) is 2. The molecule has 23 heavy (non-hydrogen) atoms. The second-order valence-corrected chi connectivity index (χ2v) is 6.05. The van der Waals surface area contributed by atoms with E-state index in [0.717, 1.165) is 22.8 Å². The molecule has 0 atom stereocenters. The predicted octanol–water partition coefficient (Wildman–Crippen LogP) is 5.21. The molecule has 2 nitrogen and oxygen atoms in total. The standard InChI is InChI=1S/C17H16ClF3N2/c1-9-10(2)22-11(3)23-14-6-4-5-13(17(19,20)21)15(14)12(7-8-18)16(9)23/h4-6H,7-8H2,1-3H3. The van der Waals surface area contributed by atoms with Crippen LogP contribution in [-0.2, 0) is 12.6 Å². The van der Waals surface area contributed by atoms with Crippen LogP contribution in [-0.4, -0.2) is 15.3 Å². The van der Waals surface area contributed by atoms with Crippen LogP contribution >= 0.6 is 11.6 Å². The molecule has 1 aromatic carbocycles. The van der Waals surface area contributed by atoms with Crippen LogP contribution in [0, 0.1) is 20.8 Å². The van der Waals surface area contributed by atoms with Crippen LogP contribution in [0.1, 0.15) is 28.2 Å². The molecular formula is C17H16ClF3N2. The van der Waals surface area contributed by atoms with Crippen LogP contribution in [0.5, 0.6) is 0 Å². The number of alkyl halides is 4. The molecule has 0 aliphatic carbocycles. The first kappa shape index (κ1) is 16.1. The first-order valence-corrected chi connectivity index (χ1v) is 7.83. The quantitative estimate of drug-likeness (QED) is 0.585. The third-order valence-electron chi connectivity index (χ3n) is 4.30. The highest BCUT2D eigenvalue weighted by molar-refractivity contribution is 6.18. The molecule has 0 spiro atoms. The van der Waals surface area contributed by atoms with Crippen molar-refractivity contribution in [1.82, 2.24) is 9.38 Å². The fourth-order valence-corrected chi connectivity index (χ4v) is 3.46. The first-order chi connectivity index (χ1) is 10.8. The normalized spacial score (nSPS) is 12.5. The minimum absolute atomic E-state index is 0.235. The Balaban J connectivity index is 2.63. The Labute approximate surface area is 136 Å². The lowest BCUT2D eigenvalue weighted by Crippen LogP contribution is -2.06. The van der Waals surface area contributed by atoms with Gasteiger partial charge in [0.1, 0.15) is 5.82 Å². The Morgan fingerprint density at radius 1 is 1.17 bits per heavy atom. The van der Waals surface area contributed by atoms with E-state index in [-0.39, 0.29) is 11.3 Å². The van der Waals surface area contributed by atoms with Gasteiger partial charge in [0.2, 0.25) is 0 Å². The van der Waals surface area contributed by atoms with Gasteiger partial charge in [0.05, 0.1) is 16.6 Å². The molecule has 0 aliphatic heterocycles. The Morgan fingerprint density at radius 2 is 1.87 bits per heavy atom. The largest absolute Gasteiger partial charge is 0.417 e. The van der Waals surface area contributed by atoms with Crippen molar-refractivity contribution >= 4 is 28.0 Å². The molecule has 0 amide bonds. The Kier molecular flexibility index (Phi) is 3.79. The fraction of sp³-hybridized carbons (Fsp3) is 0.353. The molecule has 3 rings (SSSR count). The molecule has 0 saturated carbocycles. The number of aryl methyl sites for hydroxylation is 4. The van der Waals surface area contributed by atoms with Crippen molar-refractivity contribution in [3.63, 3.8) is 0 Å². The van der Waals surface area contributed by atoms with Gasteiger partial charge in [-0.2, -0.15) is 13.2 Å². The maximum atomic E-state index is 13.5. The highest BCUT2D eigenvalue weighted by atomic mass is 35.5. The third kappa shape index (κ3) is 2.38. The summed E-state index contributed by atoms with van der Waals surface area (Å²) in [6, 6.07) is 4.28. The highest BCUT2D eigenvalue weighted by Gasteiger charge is 2.34. The molecule has 0 unspecified atom stereocenters. The molecule has 0 N–H and O–H groups in total. The van der Waals surface area contributed by atoms with Gasteiger partial charge in [0.15, 0.2) is 0 Å². The van der Waals surface area contributed by atoms with Gasteiger partial charge in [-0.05, 0) is 50.5 Å². The van der Waals surface area contributed by atoms with Crippen molar-refractivity contribution in [2.24, 2.45) is 0 Å². The van der Waals surface area contributed by atoms with Crippen molar-refractivity contribution in [1.29, 1.82) is 0 Å². The van der Waals surface area contributed by atoms with E-state index in [9.17, 15) is 13.2 Å². The third-order valence-corrected chi connectivity index (χ3v) is 4.48. The van der Waals surface area contributed by atoms with E-state index in [1.165, 1.54) is 6.07 Å². The molecule has 0 radical (unpaired) electrons. The Morgan fingerprint density at radius 3 is 2.48 bits per heavy atom. The lowest BCUT2D eigenvalue weighted by molar-refractivity contribution is -0.136. The number of halogens is 4. The summed E-state index contributed by atoms with van der Waals surface area (Å²) in [5.74, 6) is 0.939. The van der Waals surface area contributed by atoms with Gasteiger partial charge in [-0.1, -0.05) is 6.07 Å². The van der Waals surface area contributed by atoms with E-state index in [1.807, 2.05) is 25.2 Å². The zero-order valence-corrected chi connectivity index (χ0v) is 13.8. The molecule has 2 aromatic heterocycles. The maximum Gasteiger partial charge on any atom is 0.417 e. The topological polar surface area (TPSA) is 17.3 Å². The summed E-state index contributed by atoms with van der Waals surface area (Å²) in [4.78, 5) is 4.47. The summed E-state index contributed by atoms with van der Waals surface area (Å²) in [5.41, 5.74) is 3.07. The van der Waals surface area contributed by atoms with Crippen molar-refractivity contribution in [3.05, 3.63) is 46.4 Å². The van der Waals surface area contributed by atoms with Gasteiger partial charge in [-0.25, -0.2) is 4.98 Å². The number of hydrogen-bond acceptors (Lipinski definition) is 1. The molecular weight excluding hydrogens is 325 g/mol. The van der Waals surface area contributed by atoms with Gasteiger partial charge >= 0.3 is 6.18 Å². The second kappa shape index (κ2) is 5.41. The average molecular weight is 341 g/mol. The number of benzene rings is 1. The maximum absolute atomic E-state index is 13.5.